The fraction of sp³-hybridized carbons (Fsp3) is 0.926. The van der Waals surface area contributed by atoms with Gasteiger partial charge in [0.05, 0.1) is 25.4 Å². The van der Waals surface area contributed by atoms with Crippen molar-refractivity contribution in [3.8, 4) is 0 Å². The molecule has 1 rings (SSSR count). The highest BCUT2D eigenvalue weighted by atomic mass is 16.7. The SMILES string of the molecule is CCCCCCCCCCCCCCCCCCCCCCCC/C=C/CC/C=C/CCCC(O)C(O)C(COC1OC(CO)C(O)C(O)C1O)NC(=O)C(O)CCCCCCCCCCCCCCCCCCCCCCC. The molecule has 11 nitrogen and oxygen atoms in total. The number of aliphatic hydroxyl groups is 7. The smallest absolute Gasteiger partial charge is 0.249 e. The number of carbonyl (C=O) groups is 1. The zero-order chi connectivity index (χ0) is 57.5. The molecule has 468 valence electrons. The summed E-state index contributed by atoms with van der Waals surface area (Å²) in [5.41, 5.74) is 0. The molecule has 0 aromatic heterocycles. The van der Waals surface area contributed by atoms with Crippen molar-refractivity contribution in [1.82, 2.24) is 5.32 Å². The summed E-state index contributed by atoms with van der Waals surface area (Å²) < 4.78 is 11.2. The topological polar surface area (TPSA) is 189 Å². The Morgan fingerprint density at radius 1 is 0.430 bits per heavy atom. The Bertz CT molecular complexity index is 1330. The standard InChI is InChI=1S/C68H131NO10/c1-3-5-7-9-11-13-15-17-19-21-23-25-26-27-28-29-30-31-32-33-34-36-37-39-41-43-45-47-49-51-53-55-60(71)63(73)59(58-78-68-66(76)65(75)64(74)62(57-70)79-68)69-67(77)61(72)56-54-52-50-48-46-44-42-40-38-35-24-22-20-18-16-14-12-10-8-6-4-2/h39,41,47,49,59-66,68,70-76H,3-38,40,42-46,48,50-58H2,1-2H3,(H,69,77)/b41-39+,49-47+. The number of amides is 1. The first-order valence-corrected chi connectivity index (χ1v) is 34.2. The van der Waals surface area contributed by atoms with Crippen molar-refractivity contribution in [3.05, 3.63) is 24.3 Å². The fourth-order valence-electron chi connectivity index (χ4n) is 11.2. The van der Waals surface area contributed by atoms with Gasteiger partial charge in [-0.1, -0.05) is 308 Å². The number of allylic oxidation sites excluding steroid dienone is 4. The third-order valence-electron chi connectivity index (χ3n) is 16.7. The summed E-state index contributed by atoms with van der Waals surface area (Å²) in [6, 6.07) is -1.19. The molecule has 1 saturated heterocycles. The van der Waals surface area contributed by atoms with Gasteiger partial charge >= 0.3 is 0 Å². The molecule has 1 aliphatic heterocycles. The van der Waals surface area contributed by atoms with Crippen molar-refractivity contribution in [2.24, 2.45) is 0 Å². The third kappa shape index (κ3) is 44.7. The van der Waals surface area contributed by atoms with E-state index in [-0.39, 0.29) is 12.8 Å². The highest BCUT2D eigenvalue weighted by Crippen LogP contribution is 2.24. The maximum Gasteiger partial charge on any atom is 0.249 e. The highest BCUT2D eigenvalue weighted by Gasteiger charge is 2.44. The molecular weight excluding hydrogens is 991 g/mol. The van der Waals surface area contributed by atoms with Crippen LogP contribution in [0.15, 0.2) is 24.3 Å². The van der Waals surface area contributed by atoms with Gasteiger partial charge in [-0.2, -0.15) is 0 Å². The van der Waals surface area contributed by atoms with Crippen molar-refractivity contribution in [3.63, 3.8) is 0 Å². The van der Waals surface area contributed by atoms with Crippen LogP contribution >= 0.6 is 0 Å². The lowest BCUT2D eigenvalue weighted by molar-refractivity contribution is -0.303. The van der Waals surface area contributed by atoms with E-state index in [9.17, 15) is 40.5 Å². The Kier molecular flexibility index (Phi) is 54.6. The maximum absolute atomic E-state index is 13.2. The number of hydrogen-bond donors (Lipinski definition) is 8. The summed E-state index contributed by atoms with van der Waals surface area (Å²) >= 11 is 0. The van der Waals surface area contributed by atoms with Crippen molar-refractivity contribution in [2.75, 3.05) is 13.2 Å². The predicted molar refractivity (Wildman–Crippen MR) is 330 cm³/mol. The Balaban J connectivity index is 2.23. The van der Waals surface area contributed by atoms with E-state index >= 15 is 0 Å². The average molecular weight is 1120 g/mol. The van der Waals surface area contributed by atoms with Crippen molar-refractivity contribution in [2.45, 2.75) is 390 Å². The zero-order valence-corrected chi connectivity index (χ0v) is 51.6. The van der Waals surface area contributed by atoms with Gasteiger partial charge in [-0.15, -0.1) is 0 Å². The van der Waals surface area contributed by atoms with Crippen molar-refractivity contribution < 1.29 is 50.0 Å². The zero-order valence-electron chi connectivity index (χ0n) is 51.6. The first-order chi connectivity index (χ1) is 38.7. The van der Waals surface area contributed by atoms with Gasteiger partial charge in [-0.05, 0) is 51.4 Å². The van der Waals surface area contributed by atoms with Crippen LogP contribution in [0.1, 0.15) is 335 Å². The summed E-state index contributed by atoms with van der Waals surface area (Å²) in [6.45, 7) is 3.49. The van der Waals surface area contributed by atoms with Gasteiger partial charge in [-0.3, -0.25) is 4.79 Å². The third-order valence-corrected chi connectivity index (χ3v) is 16.7. The second-order valence-corrected chi connectivity index (χ2v) is 24.2. The number of nitrogens with one attached hydrogen (secondary N) is 1. The molecule has 8 N–H and O–H groups in total. The van der Waals surface area contributed by atoms with Crippen LogP contribution in [0.3, 0.4) is 0 Å². The number of aliphatic hydroxyl groups excluding tert-OH is 7. The number of ether oxygens (including phenoxy) is 2. The van der Waals surface area contributed by atoms with E-state index in [0.717, 1.165) is 38.5 Å². The molecule has 0 aliphatic carbocycles. The number of unbranched alkanes of at least 4 members (excludes halogenated alkanes) is 44. The summed E-state index contributed by atoms with van der Waals surface area (Å²) in [5.74, 6) is -0.704. The number of rotatable bonds is 60. The van der Waals surface area contributed by atoms with Gasteiger partial charge in [0.15, 0.2) is 6.29 Å². The second-order valence-electron chi connectivity index (χ2n) is 24.2. The molecule has 0 radical (unpaired) electrons. The number of carbonyl (C=O) groups excluding carboxylic acids is 1. The van der Waals surface area contributed by atoms with Crippen LogP contribution in [0.2, 0.25) is 0 Å². The van der Waals surface area contributed by atoms with Gasteiger partial charge in [-0.25, -0.2) is 0 Å². The van der Waals surface area contributed by atoms with E-state index in [1.165, 1.54) is 250 Å². The van der Waals surface area contributed by atoms with Gasteiger partial charge < -0.3 is 50.5 Å². The van der Waals surface area contributed by atoms with Crippen LogP contribution in [0.25, 0.3) is 0 Å². The monoisotopic (exact) mass is 1120 g/mol. The van der Waals surface area contributed by atoms with E-state index in [1.54, 1.807) is 0 Å². The second kappa shape index (κ2) is 57.0. The van der Waals surface area contributed by atoms with E-state index < -0.39 is 74.2 Å². The average Bonchev–Trinajstić information content (AvgIpc) is 3.46. The Morgan fingerprint density at radius 2 is 0.759 bits per heavy atom. The Morgan fingerprint density at radius 3 is 1.13 bits per heavy atom. The molecule has 0 aromatic carbocycles. The van der Waals surface area contributed by atoms with Gasteiger partial charge in [0.2, 0.25) is 5.91 Å². The van der Waals surface area contributed by atoms with Crippen LogP contribution in [0, 0.1) is 0 Å². The normalized spacial score (nSPS) is 19.4. The minimum atomic E-state index is -1.67. The van der Waals surface area contributed by atoms with Gasteiger partial charge in [0.1, 0.15) is 36.6 Å². The molecule has 1 heterocycles. The van der Waals surface area contributed by atoms with Crippen LogP contribution in [0.4, 0.5) is 0 Å². The molecule has 1 aliphatic rings. The molecule has 9 atom stereocenters. The highest BCUT2D eigenvalue weighted by molar-refractivity contribution is 5.80. The lowest BCUT2D eigenvalue weighted by atomic mass is 9.98. The summed E-state index contributed by atoms with van der Waals surface area (Å²) in [7, 11) is 0. The Hall–Kier alpha value is -1.41. The molecule has 0 spiro atoms. The van der Waals surface area contributed by atoms with E-state index in [2.05, 4.69) is 43.5 Å². The molecule has 0 aromatic rings. The summed E-state index contributed by atoms with van der Waals surface area (Å²) in [5, 5.41) is 76.4. The lowest BCUT2D eigenvalue weighted by Crippen LogP contribution is -2.60. The molecular formula is C68H131NO10. The quantitative estimate of drug-likeness (QED) is 0.0215. The largest absolute Gasteiger partial charge is 0.394 e. The Labute approximate surface area is 486 Å². The van der Waals surface area contributed by atoms with Crippen LogP contribution in [-0.4, -0.2) is 110 Å². The van der Waals surface area contributed by atoms with E-state index in [4.69, 9.17) is 9.47 Å². The van der Waals surface area contributed by atoms with Crippen LogP contribution in [0.5, 0.6) is 0 Å². The molecule has 1 fully saturated rings. The lowest BCUT2D eigenvalue weighted by Gasteiger charge is -2.40. The molecule has 0 bridgehead atoms. The summed E-state index contributed by atoms with van der Waals surface area (Å²) in [6.07, 6.45) is 59.8. The first kappa shape index (κ1) is 75.6. The minimum absolute atomic E-state index is 0.249. The van der Waals surface area contributed by atoms with Crippen LogP contribution < -0.4 is 5.32 Å². The van der Waals surface area contributed by atoms with E-state index in [1.807, 2.05) is 0 Å². The molecule has 1 amide bonds. The first-order valence-electron chi connectivity index (χ1n) is 34.2. The van der Waals surface area contributed by atoms with Crippen molar-refractivity contribution >= 4 is 5.91 Å². The molecule has 0 saturated carbocycles. The van der Waals surface area contributed by atoms with Gasteiger partial charge in [0.25, 0.3) is 0 Å². The maximum atomic E-state index is 13.2. The predicted octanol–water partition coefficient (Wildman–Crippen LogP) is 16.0. The fourth-order valence-corrected chi connectivity index (χ4v) is 11.2. The van der Waals surface area contributed by atoms with Gasteiger partial charge in [0, 0.05) is 0 Å². The van der Waals surface area contributed by atoms with Crippen molar-refractivity contribution in [1.29, 1.82) is 0 Å². The molecule has 9 unspecified atom stereocenters. The molecule has 11 heteroatoms. The summed E-state index contributed by atoms with van der Waals surface area (Å²) in [4.78, 5) is 13.2. The number of hydrogen-bond acceptors (Lipinski definition) is 10. The minimum Gasteiger partial charge on any atom is -0.394 e. The van der Waals surface area contributed by atoms with Crippen LogP contribution in [-0.2, 0) is 14.3 Å². The molecule has 79 heavy (non-hydrogen) atoms. The van der Waals surface area contributed by atoms with E-state index in [0.29, 0.717) is 19.3 Å².